The average molecular weight is 406 g/mol. The molecule has 8 heteroatoms. The summed E-state index contributed by atoms with van der Waals surface area (Å²) in [6.07, 6.45) is 2.41. The van der Waals surface area contributed by atoms with E-state index < -0.39 is 0 Å². The topological polar surface area (TPSA) is 86.7 Å². The third-order valence-electron chi connectivity index (χ3n) is 5.70. The number of fused-ring (bicyclic) bond motifs is 3. The van der Waals surface area contributed by atoms with Crippen LogP contribution in [0.25, 0.3) is 21.8 Å². The standard InChI is InChI=1S/C22H26N6O2/c1-5-28-15(3)16(14(2)25-28)10-11-23-20(29)13-27-19-9-7-6-8-17(19)18-12-24-26(4)22(30)21(18)27/h6-9,12H,5,10-11,13H2,1-4H3,(H,23,29). The Morgan fingerprint density at radius 3 is 2.67 bits per heavy atom. The van der Waals surface area contributed by atoms with Crippen molar-refractivity contribution < 1.29 is 4.79 Å². The van der Waals surface area contributed by atoms with Gasteiger partial charge in [-0.25, -0.2) is 4.68 Å². The number of carbonyl (C=O) groups is 1. The quantitative estimate of drug-likeness (QED) is 0.531. The molecule has 8 nitrogen and oxygen atoms in total. The van der Waals surface area contributed by atoms with Crippen LogP contribution in [-0.4, -0.2) is 36.6 Å². The fraction of sp³-hybridized carbons (Fsp3) is 0.364. The lowest BCUT2D eigenvalue weighted by Gasteiger charge is -2.09. The maximum atomic E-state index is 12.7. The van der Waals surface area contributed by atoms with Crippen molar-refractivity contribution in [1.29, 1.82) is 0 Å². The van der Waals surface area contributed by atoms with Crippen molar-refractivity contribution in [2.75, 3.05) is 6.54 Å². The molecule has 0 aliphatic heterocycles. The van der Waals surface area contributed by atoms with Crippen molar-refractivity contribution in [3.8, 4) is 0 Å². The molecule has 0 unspecified atom stereocenters. The van der Waals surface area contributed by atoms with Crippen molar-refractivity contribution in [3.05, 3.63) is 57.8 Å². The lowest BCUT2D eigenvalue weighted by atomic mass is 10.1. The molecule has 0 fully saturated rings. The van der Waals surface area contributed by atoms with Gasteiger partial charge in [-0.15, -0.1) is 0 Å². The Labute approximate surface area is 174 Å². The molecule has 0 radical (unpaired) electrons. The smallest absolute Gasteiger partial charge is 0.291 e. The van der Waals surface area contributed by atoms with E-state index in [0.717, 1.165) is 40.6 Å². The first-order valence-electron chi connectivity index (χ1n) is 10.1. The number of aryl methyl sites for hydroxylation is 3. The molecular weight excluding hydrogens is 380 g/mol. The summed E-state index contributed by atoms with van der Waals surface area (Å²) in [5.74, 6) is -0.130. The zero-order valence-corrected chi connectivity index (χ0v) is 17.8. The fourth-order valence-electron chi connectivity index (χ4n) is 4.14. The molecule has 0 aliphatic carbocycles. The van der Waals surface area contributed by atoms with Gasteiger partial charge in [0.1, 0.15) is 12.1 Å². The Hall–Kier alpha value is -3.42. The number of hydrogen-bond acceptors (Lipinski definition) is 4. The fourth-order valence-corrected chi connectivity index (χ4v) is 4.14. The Kier molecular flexibility index (Phi) is 5.15. The number of nitrogens with zero attached hydrogens (tertiary/aromatic N) is 5. The first kappa shape index (κ1) is 19.9. The molecule has 1 amide bonds. The van der Waals surface area contributed by atoms with Gasteiger partial charge in [-0.2, -0.15) is 10.2 Å². The van der Waals surface area contributed by atoms with Gasteiger partial charge in [0.15, 0.2) is 0 Å². The lowest BCUT2D eigenvalue weighted by molar-refractivity contribution is -0.121. The summed E-state index contributed by atoms with van der Waals surface area (Å²) in [4.78, 5) is 25.5. The maximum absolute atomic E-state index is 12.7. The van der Waals surface area contributed by atoms with E-state index in [-0.39, 0.29) is 18.0 Å². The zero-order valence-electron chi connectivity index (χ0n) is 17.8. The number of carbonyl (C=O) groups excluding carboxylic acids is 1. The van der Waals surface area contributed by atoms with Crippen molar-refractivity contribution in [1.82, 2.24) is 29.4 Å². The van der Waals surface area contributed by atoms with Gasteiger partial charge in [0, 0.05) is 42.1 Å². The monoisotopic (exact) mass is 406 g/mol. The summed E-state index contributed by atoms with van der Waals surface area (Å²) >= 11 is 0. The van der Waals surface area contributed by atoms with Crippen LogP contribution in [0.4, 0.5) is 0 Å². The lowest BCUT2D eigenvalue weighted by Crippen LogP contribution is -2.30. The highest BCUT2D eigenvalue weighted by atomic mass is 16.2. The predicted molar refractivity (Wildman–Crippen MR) is 117 cm³/mol. The summed E-state index contributed by atoms with van der Waals surface area (Å²) in [7, 11) is 1.62. The zero-order chi connectivity index (χ0) is 21.4. The molecule has 156 valence electrons. The van der Waals surface area contributed by atoms with Crippen LogP contribution < -0.4 is 10.9 Å². The number of hydrogen-bond donors (Lipinski definition) is 1. The number of benzene rings is 1. The second-order valence-corrected chi connectivity index (χ2v) is 7.50. The first-order valence-corrected chi connectivity index (χ1v) is 10.1. The largest absolute Gasteiger partial charge is 0.354 e. The Morgan fingerprint density at radius 1 is 1.17 bits per heavy atom. The van der Waals surface area contributed by atoms with E-state index in [0.29, 0.717) is 12.1 Å². The van der Waals surface area contributed by atoms with Crippen LogP contribution >= 0.6 is 0 Å². The van der Waals surface area contributed by atoms with Crippen LogP contribution in [0.2, 0.25) is 0 Å². The van der Waals surface area contributed by atoms with Gasteiger partial charge in [0.2, 0.25) is 5.91 Å². The summed E-state index contributed by atoms with van der Waals surface area (Å²) in [5, 5.41) is 13.3. The molecule has 1 N–H and O–H groups in total. The Balaban J connectivity index is 1.57. The minimum atomic E-state index is -0.213. The summed E-state index contributed by atoms with van der Waals surface area (Å²) in [6.45, 7) is 7.55. The third-order valence-corrected chi connectivity index (χ3v) is 5.70. The highest BCUT2D eigenvalue weighted by molar-refractivity contribution is 6.07. The molecule has 30 heavy (non-hydrogen) atoms. The SMILES string of the molecule is CCn1nc(C)c(CCNC(=O)Cn2c3ccccc3c3cnn(C)c(=O)c32)c1C. The Bertz CT molecular complexity index is 1310. The van der Waals surface area contributed by atoms with Crippen molar-refractivity contribution in [3.63, 3.8) is 0 Å². The number of para-hydroxylation sites is 1. The van der Waals surface area contributed by atoms with Gasteiger partial charge in [-0.1, -0.05) is 18.2 Å². The second kappa shape index (κ2) is 7.78. The molecule has 0 saturated carbocycles. The van der Waals surface area contributed by atoms with E-state index in [1.807, 2.05) is 35.9 Å². The van der Waals surface area contributed by atoms with E-state index in [2.05, 4.69) is 29.4 Å². The van der Waals surface area contributed by atoms with E-state index in [1.165, 1.54) is 10.2 Å². The van der Waals surface area contributed by atoms with Crippen molar-refractivity contribution in [2.24, 2.45) is 7.05 Å². The molecule has 4 aromatic rings. The molecular formula is C22H26N6O2. The highest BCUT2D eigenvalue weighted by Gasteiger charge is 2.17. The summed E-state index contributed by atoms with van der Waals surface area (Å²) in [6, 6.07) is 7.70. The molecule has 0 atom stereocenters. The molecule has 1 aromatic carbocycles. The van der Waals surface area contributed by atoms with E-state index >= 15 is 0 Å². The van der Waals surface area contributed by atoms with Crippen molar-refractivity contribution >= 4 is 27.7 Å². The van der Waals surface area contributed by atoms with Crippen LogP contribution in [0.1, 0.15) is 23.9 Å². The van der Waals surface area contributed by atoms with Gasteiger partial charge in [0.05, 0.1) is 11.9 Å². The molecule has 0 spiro atoms. The van der Waals surface area contributed by atoms with Gasteiger partial charge in [0.25, 0.3) is 5.56 Å². The van der Waals surface area contributed by atoms with E-state index in [4.69, 9.17) is 0 Å². The van der Waals surface area contributed by atoms with E-state index in [1.54, 1.807) is 17.8 Å². The second-order valence-electron chi connectivity index (χ2n) is 7.50. The average Bonchev–Trinajstić information content (AvgIpc) is 3.20. The highest BCUT2D eigenvalue weighted by Crippen LogP contribution is 2.26. The van der Waals surface area contributed by atoms with Crippen molar-refractivity contribution in [2.45, 2.75) is 40.3 Å². The number of nitrogens with one attached hydrogen (secondary N) is 1. The van der Waals surface area contributed by atoms with Crippen LogP contribution in [0.5, 0.6) is 0 Å². The normalized spacial score (nSPS) is 11.5. The number of aromatic nitrogens is 5. The molecule has 3 heterocycles. The third kappa shape index (κ3) is 3.28. The number of amides is 1. The summed E-state index contributed by atoms with van der Waals surface area (Å²) in [5.41, 5.74) is 4.46. The molecule has 4 rings (SSSR count). The Morgan fingerprint density at radius 2 is 1.93 bits per heavy atom. The van der Waals surface area contributed by atoms with Gasteiger partial charge in [-0.3, -0.25) is 14.3 Å². The van der Waals surface area contributed by atoms with Crippen LogP contribution in [0.15, 0.2) is 35.3 Å². The van der Waals surface area contributed by atoms with Gasteiger partial charge >= 0.3 is 0 Å². The minimum absolute atomic E-state index is 0.0788. The minimum Gasteiger partial charge on any atom is -0.354 e. The first-order chi connectivity index (χ1) is 14.4. The molecule has 3 aromatic heterocycles. The molecule has 0 bridgehead atoms. The number of rotatable bonds is 6. The van der Waals surface area contributed by atoms with E-state index in [9.17, 15) is 9.59 Å². The molecule has 0 saturated heterocycles. The maximum Gasteiger partial charge on any atom is 0.291 e. The summed E-state index contributed by atoms with van der Waals surface area (Å²) < 4.78 is 5.07. The van der Waals surface area contributed by atoms with Crippen LogP contribution in [0.3, 0.4) is 0 Å². The van der Waals surface area contributed by atoms with Crippen LogP contribution in [-0.2, 0) is 31.4 Å². The van der Waals surface area contributed by atoms with Gasteiger partial charge in [-0.05, 0) is 38.8 Å². The van der Waals surface area contributed by atoms with Gasteiger partial charge < -0.3 is 9.88 Å². The predicted octanol–water partition coefficient (Wildman–Crippen LogP) is 2.08. The van der Waals surface area contributed by atoms with Crippen LogP contribution in [0, 0.1) is 13.8 Å². The molecule has 0 aliphatic rings.